The summed E-state index contributed by atoms with van der Waals surface area (Å²) in [5.74, 6) is 1.27. The van der Waals surface area contributed by atoms with E-state index in [9.17, 15) is 0 Å². The molecule has 15 rings (SSSR count). The second-order valence-electron chi connectivity index (χ2n) is 51.2. The van der Waals surface area contributed by atoms with Crippen molar-refractivity contribution < 1.29 is 9.47 Å². The van der Waals surface area contributed by atoms with Gasteiger partial charge in [0.1, 0.15) is 0 Å². The molecule has 2 aromatic carbocycles. The monoisotopic (exact) mass is 1800 g/mol. The van der Waals surface area contributed by atoms with Gasteiger partial charge in [0.05, 0.1) is 22.4 Å². The SMILES string of the molecule is CC1=C(C)C(C)(C)C(C)(C)N1C.CC1=C(C)C(C)(C)C(C)(C)N1C(C)(C)C.CC1=C(C)C(C)(C)C(C)(C)N1c1c(C)cccc1C.CC1=C(C)C(C)(C)C(C)(C)N1c1ccccc1.CC1=C(C)C(C)(C)C(C)(C)S1.CC1=C(C)C(C)(C)CN1C.CC1=C(C)C(C)(C)CN1C(C)(C)C.CC1=C(C)C(C)(C)CS1.CC1=C(C)C2(CC2)OC1(C)C.CC1=C(C)C2(CC2)OC12CC2. The lowest BCUT2D eigenvalue weighted by Gasteiger charge is -2.50. The van der Waals surface area contributed by atoms with Crippen molar-refractivity contribution in [2.75, 3.05) is 42.7 Å². The highest BCUT2D eigenvalue weighted by Crippen LogP contribution is 2.65. The minimum absolute atomic E-state index is 0.000579. The Kier molecular flexibility index (Phi) is 32.4. The van der Waals surface area contributed by atoms with E-state index in [0.29, 0.717) is 31.8 Å². The van der Waals surface area contributed by atoms with E-state index in [1.807, 2.05) is 23.5 Å². The van der Waals surface area contributed by atoms with Crippen molar-refractivity contribution in [3.63, 3.8) is 0 Å². The molecule has 13 aliphatic rings. The third-order valence-electron chi connectivity index (χ3n) is 38.1. The summed E-state index contributed by atoms with van der Waals surface area (Å²) < 4.78 is 12.5. The molecule has 0 aromatic heterocycles. The fourth-order valence-corrected chi connectivity index (χ4v) is 24.8. The summed E-state index contributed by atoms with van der Waals surface area (Å²) in [7, 11) is 4.35. The number of thioether (sulfide) groups is 2. The van der Waals surface area contributed by atoms with Crippen LogP contribution in [0.1, 0.15) is 424 Å². The molecule has 3 aliphatic carbocycles. The zero-order chi connectivity index (χ0) is 99.7. The normalized spacial score (nSPS) is 25.7. The molecule has 10 aliphatic heterocycles. The molecule has 2 aromatic rings. The lowest BCUT2D eigenvalue weighted by atomic mass is 9.71. The summed E-state index contributed by atoms with van der Waals surface area (Å²) in [4.78, 5) is 17.9. The number of allylic oxidation sites excluding steroid dienone is 10. The highest BCUT2D eigenvalue weighted by atomic mass is 32.2. The Bertz CT molecular complexity index is 4650. The number of para-hydroxylation sites is 2. The van der Waals surface area contributed by atoms with Gasteiger partial charge in [0.25, 0.3) is 0 Å². The molecule has 0 atom stereocenters. The third-order valence-corrected chi connectivity index (χ3v) is 41.3. The van der Waals surface area contributed by atoms with Crippen LogP contribution in [-0.2, 0) is 9.47 Å². The summed E-state index contributed by atoms with van der Waals surface area (Å²) in [5, 5.41) is 0. The van der Waals surface area contributed by atoms with Crippen LogP contribution < -0.4 is 9.80 Å². The molecular weight excluding hydrogens is 1600 g/mol. The van der Waals surface area contributed by atoms with E-state index >= 15 is 0 Å². The van der Waals surface area contributed by atoms with E-state index in [2.05, 4.69) is 480 Å². The number of benzene rings is 2. The first-order valence-corrected chi connectivity index (χ1v) is 51.3. The molecule has 3 saturated carbocycles. The molecule has 8 nitrogen and oxygen atoms in total. The van der Waals surface area contributed by atoms with Gasteiger partial charge < -0.3 is 38.9 Å². The van der Waals surface area contributed by atoms with Gasteiger partial charge in [-0.3, -0.25) is 0 Å². The lowest BCUT2D eigenvalue weighted by Crippen LogP contribution is -2.55. The predicted molar refractivity (Wildman–Crippen MR) is 572 cm³/mol. The Morgan fingerprint density at radius 1 is 0.305 bits per heavy atom. The van der Waals surface area contributed by atoms with Gasteiger partial charge in [-0.15, -0.1) is 23.5 Å². The molecular formula is C118H200N6O2S2. The van der Waals surface area contributed by atoms with Crippen LogP contribution in [0.2, 0.25) is 0 Å². The zero-order valence-corrected chi connectivity index (χ0v) is 96.4. The fourth-order valence-electron chi connectivity index (χ4n) is 21.9. The van der Waals surface area contributed by atoms with Gasteiger partial charge in [-0.2, -0.15) is 0 Å². The van der Waals surface area contributed by atoms with Crippen LogP contribution in [0.4, 0.5) is 11.4 Å². The molecule has 3 spiro atoms. The van der Waals surface area contributed by atoms with E-state index < -0.39 is 0 Å². The Hall–Kier alpha value is -4.74. The number of anilines is 2. The van der Waals surface area contributed by atoms with E-state index in [4.69, 9.17) is 9.47 Å². The number of rotatable bonds is 2. The van der Waals surface area contributed by atoms with Gasteiger partial charge in [0.15, 0.2) is 0 Å². The van der Waals surface area contributed by atoms with E-state index in [1.165, 1.54) is 156 Å². The van der Waals surface area contributed by atoms with Gasteiger partial charge in [-0.25, -0.2) is 0 Å². The molecule has 3 fully saturated rings. The van der Waals surface area contributed by atoms with Crippen LogP contribution in [0.3, 0.4) is 0 Å². The molecule has 10 heteroatoms. The quantitative estimate of drug-likeness (QED) is 0.272. The van der Waals surface area contributed by atoms with Crippen molar-refractivity contribution in [2.45, 2.75) is 487 Å². The summed E-state index contributed by atoms with van der Waals surface area (Å²) in [6.45, 7) is 130. The van der Waals surface area contributed by atoms with Crippen LogP contribution in [-0.4, -0.2) is 113 Å². The largest absolute Gasteiger partial charge is 0.377 e. The van der Waals surface area contributed by atoms with E-state index in [1.54, 1.807) is 27.9 Å². The first-order valence-electron chi connectivity index (χ1n) is 49.5. The van der Waals surface area contributed by atoms with Gasteiger partial charge >= 0.3 is 0 Å². The summed E-state index contributed by atoms with van der Waals surface area (Å²) in [5.41, 5.74) is 36.6. The molecule has 0 unspecified atom stereocenters. The Labute approximate surface area is 801 Å². The predicted octanol–water partition coefficient (Wildman–Crippen LogP) is 34.7. The topological polar surface area (TPSA) is 37.9 Å². The second-order valence-corrected chi connectivity index (χ2v) is 54.2. The van der Waals surface area contributed by atoms with Crippen LogP contribution in [0, 0.1) is 57.2 Å². The minimum atomic E-state index is 0.000579. The molecule has 0 amide bonds. The van der Waals surface area contributed by atoms with Crippen LogP contribution in [0.15, 0.2) is 159 Å². The Morgan fingerprint density at radius 3 is 0.867 bits per heavy atom. The summed E-state index contributed by atoms with van der Waals surface area (Å²) in [6, 6.07) is 17.3. The van der Waals surface area contributed by atoms with Gasteiger partial charge in [-0.05, 0) is 410 Å². The van der Waals surface area contributed by atoms with Gasteiger partial charge in [0.2, 0.25) is 0 Å². The van der Waals surface area contributed by atoms with Crippen molar-refractivity contribution >= 4 is 34.9 Å². The maximum absolute atomic E-state index is 6.11. The van der Waals surface area contributed by atoms with Gasteiger partial charge in [-0.1, -0.05) is 158 Å². The maximum atomic E-state index is 6.11. The Morgan fingerprint density at radius 2 is 0.672 bits per heavy atom. The van der Waals surface area contributed by atoms with E-state index in [0.717, 1.165) is 6.54 Å². The molecule has 10 heterocycles. The van der Waals surface area contributed by atoms with Crippen LogP contribution in [0.25, 0.3) is 0 Å². The highest BCUT2D eigenvalue weighted by molar-refractivity contribution is 8.04. The number of aryl methyl sites for hydroxylation is 2. The molecule has 0 bridgehead atoms. The third kappa shape index (κ3) is 20.8. The average Bonchev–Trinajstić information content (AvgIpc) is 1.52. The lowest BCUT2D eigenvalue weighted by molar-refractivity contribution is -0.0211. The standard InChI is InChI=1S/C18H27N.C16H23N.C14H27N.C12H23N.C11H21N.C10H14O.C10H16O.C10H18S.C9H17N.C8H14S/c1-12-10-9-11-13(2)16(12)19-15(4)14(3)17(5,6)18(19,7)8;1-12-13(2)17(14-10-8-7-9-11-14)16(5,6)15(12,3)4;1-10-11(2)15(12(3,4)5)14(8,9)13(10,6)7;1-9-10(2)13(11(3,4)5)8-12(9,6)7;1-8-9(2)12(7)11(5,6)10(8,3)4;1-7-8(2)10(5-6-10)11-9(7)3-4-9;1-7-8(2)10(5-6-10)11-9(7,3)4;1-7-8(2)11-10(5,6)9(7,3)4;1-7-8(2)10(5)6-9(7,3)4;1-6-7(2)9-5-8(6,3)4/h9-11H,1-8H3;7-11H,1-6H3;1-9H3;8H2,1-7H3;1-7H3;3-6H2,1-2H3;5-6H2,1-4H3;1-6H3;6H2,1-5H3;5H2,1-4H3. The smallest absolute Gasteiger partial charge is 0.0906 e. The molecule has 0 radical (unpaired) electrons. The van der Waals surface area contributed by atoms with Crippen molar-refractivity contribution in [3.8, 4) is 0 Å². The average molecular weight is 1800 g/mol. The van der Waals surface area contributed by atoms with Crippen molar-refractivity contribution in [1.29, 1.82) is 0 Å². The molecule has 0 N–H and O–H groups in total. The molecule has 0 saturated heterocycles. The first kappa shape index (κ1) is 112. The minimum Gasteiger partial charge on any atom is -0.377 e. The van der Waals surface area contributed by atoms with Crippen molar-refractivity contribution in [3.05, 3.63) is 171 Å². The van der Waals surface area contributed by atoms with Gasteiger partial charge in [0, 0.05) is 154 Å². The Balaban J connectivity index is 0.000000221. The number of hydrogen-bond donors (Lipinski definition) is 0. The summed E-state index contributed by atoms with van der Waals surface area (Å²) >= 11 is 4.01. The molecule has 726 valence electrons. The molecule has 128 heavy (non-hydrogen) atoms. The highest BCUT2D eigenvalue weighted by Gasteiger charge is 2.64. The first-order chi connectivity index (χ1) is 57.2. The van der Waals surface area contributed by atoms with Crippen molar-refractivity contribution in [1.82, 2.24) is 19.6 Å². The fraction of sp³-hybridized carbons (Fsp3) is 0.729. The summed E-state index contributed by atoms with van der Waals surface area (Å²) in [6.07, 6.45) is 7.57. The maximum Gasteiger partial charge on any atom is 0.0906 e. The van der Waals surface area contributed by atoms with Crippen LogP contribution in [0.5, 0.6) is 0 Å². The zero-order valence-electron chi connectivity index (χ0n) is 94.8. The van der Waals surface area contributed by atoms with E-state index in [-0.39, 0.29) is 71.9 Å². The number of hydrogen-bond acceptors (Lipinski definition) is 10. The second kappa shape index (κ2) is 37.1. The van der Waals surface area contributed by atoms with Crippen LogP contribution >= 0.6 is 23.5 Å². The van der Waals surface area contributed by atoms with Crippen molar-refractivity contribution in [2.24, 2.45) is 43.3 Å². The number of nitrogens with zero attached hydrogens (tertiary/aromatic N) is 6. The number of ether oxygens (including phenoxy) is 2.